The number of azo groups is 1. The average molecular weight is 468 g/mol. The number of rotatable bonds is 7. The molecule has 32 heavy (non-hydrogen) atoms. The van der Waals surface area contributed by atoms with Gasteiger partial charge in [0.25, 0.3) is 0 Å². The summed E-state index contributed by atoms with van der Waals surface area (Å²) < 4.78 is 7.16. The molecule has 0 aliphatic rings. The summed E-state index contributed by atoms with van der Waals surface area (Å²) in [5.41, 5.74) is 2.21. The summed E-state index contributed by atoms with van der Waals surface area (Å²) in [7, 11) is 0. The number of aryl methyl sites for hydroxylation is 2. The van der Waals surface area contributed by atoms with Crippen molar-refractivity contribution >= 4 is 45.7 Å². The van der Waals surface area contributed by atoms with Gasteiger partial charge in [-0.15, -0.1) is 10.2 Å². The van der Waals surface area contributed by atoms with Gasteiger partial charge in [-0.3, -0.25) is 4.79 Å². The third-order valence-corrected chi connectivity index (χ3v) is 5.42. The van der Waals surface area contributed by atoms with Gasteiger partial charge in [-0.1, -0.05) is 71.7 Å². The number of ether oxygens (including phenoxy) is 1. The number of hydrogen-bond acceptors (Lipinski definition) is 4. The molecule has 162 valence electrons. The first kappa shape index (κ1) is 21.9. The zero-order chi connectivity index (χ0) is 22.5. The van der Waals surface area contributed by atoms with Crippen LogP contribution in [0.2, 0.25) is 10.0 Å². The lowest BCUT2D eigenvalue weighted by molar-refractivity contribution is -0.120. The molecule has 0 spiro atoms. The first-order valence-electron chi connectivity index (χ1n) is 9.89. The molecule has 1 amide bonds. The van der Waals surface area contributed by atoms with Crippen LogP contribution in [0.25, 0.3) is 10.9 Å². The fourth-order valence-electron chi connectivity index (χ4n) is 3.35. The molecule has 0 bridgehead atoms. The van der Waals surface area contributed by atoms with E-state index in [4.69, 9.17) is 27.9 Å². The summed E-state index contributed by atoms with van der Waals surface area (Å²) in [5, 5.41) is 20.0. The molecule has 0 saturated heterocycles. The second-order valence-electron chi connectivity index (χ2n) is 7.03. The Morgan fingerprint density at radius 1 is 1.00 bits per heavy atom. The van der Waals surface area contributed by atoms with Crippen molar-refractivity contribution in [2.24, 2.45) is 10.2 Å². The summed E-state index contributed by atoms with van der Waals surface area (Å²) in [6.07, 6.45) is 0.734. The number of halogens is 2. The molecule has 0 fully saturated rings. The Hall–Kier alpha value is -3.35. The second-order valence-corrected chi connectivity index (χ2v) is 7.88. The lowest BCUT2D eigenvalue weighted by atomic mass is 10.1. The summed E-state index contributed by atoms with van der Waals surface area (Å²) in [6.45, 7) is 0.205. The maximum atomic E-state index is 12.2. The van der Waals surface area contributed by atoms with Crippen molar-refractivity contribution in [2.45, 2.75) is 13.0 Å². The minimum absolute atomic E-state index is 0.0413. The monoisotopic (exact) mass is 467 g/mol. The Morgan fingerprint density at radius 2 is 1.75 bits per heavy atom. The molecule has 0 aliphatic carbocycles. The number of amides is 1. The summed E-state index contributed by atoms with van der Waals surface area (Å²) >= 11 is 11.9. The van der Waals surface area contributed by atoms with Crippen molar-refractivity contribution in [2.75, 3.05) is 6.61 Å². The van der Waals surface area contributed by atoms with E-state index in [0.29, 0.717) is 27.7 Å². The van der Waals surface area contributed by atoms with Gasteiger partial charge in [-0.2, -0.15) is 0 Å². The van der Waals surface area contributed by atoms with E-state index in [-0.39, 0.29) is 18.2 Å². The molecule has 3 aromatic carbocycles. The van der Waals surface area contributed by atoms with Crippen LogP contribution in [0.4, 0.5) is 5.69 Å². The molecule has 0 unspecified atom stereocenters. The predicted molar refractivity (Wildman–Crippen MR) is 125 cm³/mol. The Balaban J connectivity index is 1.51. The van der Waals surface area contributed by atoms with Crippen LogP contribution in [0.15, 0.2) is 83.0 Å². The maximum Gasteiger partial charge on any atom is 0.302 e. The zero-order valence-corrected chi connectivity index (χ0v) is 18.4. The molecule has 4 aromatic rings. The highest BCUT2D eigenvalue weighted by Gasteiger charge is 2.17. The largest absolute Gasteiger partial charge is 0.493 e. The molecule has 6 nitrogen and oxygen atoms in total. The average Bonchev–Trinajstić information content (AvgIpc) is 3.07. The van der Waals surface area contributed by atoms with Gasteiger partial charge in [-0.25, -0.2) is 0 Å². The number of hydrogen-bond donors (Lipinski definition) is 1. The van der Waals surface area contributed by atoms with Crippen molar-refractivity contribution < 1.29 is 14.6 Å². The van der Waals surface area contributed by atoms with Crippen LogP contribution >= 0.6 is 23.2 Å². The number of para-hydroxylation sites is 1. The van der Waals surface area contributed by atoms with Gasteiger partial charge < -0.3 is 14.4 Å². The zero-order valence-electron chi connectivity index (χ0n) is 16.9. The standard InChI is InChI=1S/C24H19Cl2N3O3/c25-17-10-11-21(19(26)14-17)32-15-22(30)27-28-23-18-8-4-5-9-20(18)29(24(23)31)13-12-16-6-2-1-3-7-16/h1-11,14,31H,12-13,15H2. The molecule has 4 rings (SSSR count). The molecule has 1 N–H and O–H groups in total. The van der Waals surface area contributed by atoms with E-state index in [1.807, 2.05) is 54.6 Å². The van der Waals surface area contributed by atoms with E-state index < -0.39 is 5.91 Å². The number of benzene rings is 3. The van der Waals surface area contributed by atoms with Crippen molar-refractivity contribution in [3.63, 3.8) is 0 Å². The van der Waals surface area contributed by atoms with E-state index in [1.54, 1.807) is 16.7 Å². The van der Waals surface area contributed by atoms with Crippen LogP contribution in [0, 0.1) is 0 Å². The van der Waals surface area contributed by atoms with Crippen LogP contribution in [-0.2, 0) is 17.8 Å². The van der Waals surface area contributed by atoms with Gasteiger partial charge in [0, 0.05) is 17.0 Å². The lowest BCUT2D eigenvalue weighted by Gasteiger charge is -2.07. The minimum Gasteiger partial charge on any atom is -0.493 e. The molecule has 0 atom stereocenters. The van der Waals surface area contributed by atoms with Crippen LogP contribution < -0.4 is 4.74 Å². The van der Waals surface area contributed by atoms with E-state index in [9.17, 15) is 9.90 Å². The van der Waals surface area contributed by atoms with Crippen LogP contribution in [-0.4, -0.2) is 22.2 Å². The molecule has 8 heteroatoms. The molecule has 1 aromatic heterocycles. The van der Waals surface area contributed by atoms with Gasteiger partial charge in [0.05, 0.1) is 10.5 Å². The molecular weight excluding hydrogens is 449 g/mol. The van der Waals surface area contributed by atoms with Crippen LogP contribution in [0.5, 0.6) is 11.6 Å². The number of aromatic hydroxyl groups is 1. The van der Waals surface area contributed by atoms with Crippen molar-refractivity contribution in [1.82, 2.24) is 4.57 Å². The third kappa shape index (κ3) is 4.93. The molecule has 0 radical (unpaired) electrons. The van der Waals surface area contributed by atoms with Gasteiger partial charge in [0.1, 0.15) is 5.75 Å². The number of carbonyl (C=O) groups excluding carboxylic acids is 1. The third-order valence-electron chi connectivity index (χ3n) is 4.89. The van der Waals surface area contributed by atoms with Gasteiger partial charge >= 0.3 is 5.91 Å². The Kier molecular flexibility index (Phi) is 6.73. The van der Waals surface area contributed by atoms with Crippen LogP contribution in [0.1, 0.15) is 5.56 Å². The van der Waals surface area contributed by atoms with E-state index in [1.165, 1.54) is 6.07 Å². The highest BCUT2D eigenvalue weighted by atomic mass is 35.5. The minimum atomic E-state index is -0.614. The molecule has 0 aliphatic heterocycles. The quantitative estimate of drug-likeness (QED) is 0.311. The van der Waals surface area contributed by atoms with Crippen molar-refractivity contribution in [3.05, 3.63) is 88.4 Å². The number of aromatic nitrogens is 1. The Bertz CT molecular complexity index is 1290. The predicted octanol–water partition coefficient (Wildman–Crippen LogP) is 6.59. The summed E-state index contributed by atoms with van der Waals surface area (Å²) in [4.78, 5) is 12.2. The first-order chi connectivity index (χ1) is 15.5. The van der Waals surface area contributed by atoms with Gasteiger partial charge in [0.15, 0.2) is 12.3 Å². The smallest absolute Gasteiger partial charge is 0.302 e. The maximum absolute atomic E-state index is 12.2. The summed E-state index contributed by atoms with van der Waals surface area (Å²) in [5.74, 6) is -0.336. The fraction of sp³-hybridized carbons (Fsp3) is 0.125. The van der Waals surface area contributed by atoms with E-state index in [2.05, 4.69) is 10.2 Å². The van der Waals surface area contributed by atoms with Crippen LogP contribution in [0.3, 0.4) is 0 Å². The first-order valence-corrected chi connectivity index (χ1v) is 10.6. The molecule has 1 heterocycles. The van der Waals surface area contributed by atoms with Crippen molar-refractivity contribution in [3.8, 4) is 11.6 Å². The number of nitrogens with zero attached hydrogens (tertiary/aromatic N) is 3. The van der Waals surface area contributed by atoms with E-state index in [0.717, 1.165) is 17.5 Å². The topological polar surface area (TPSA) is 76.2 Å². The normalized spacial score (nSPS) is 11.3. The lowest BCUT2D eigenvalue weighted by Crippen LogP contribution is -2.08. The summed E-state index contributed by atoms with van der Waals surface area (Å²) in [6, 6.07) is 22.2. The van der Waals surface area contributed by atoms with Gasteiger partial charge in [0.2, 0.25) is 5.88 Å². The SMILES string of the molecule is O=C(COc1ccc(Cl)cc1Cl)N=Nc1c(O)n(CCc2ccccc2)c2ccccc12. The molecule has 0 saturated carbocycles. The number of carbonyl (C=O) groups is 1. The van der Waals surface area contributed by atoms with E-state index >= 15 is 0 Å². The van der Waals surface area contributed by atoms with Crippen molar-refractivity contribution in [1.29, 1.82) is 0 Å². The second kappa shape index (κ2) is 9.85. The fourth-order valence-corrected chi connectivity index (χ4v) is 3.81. The highest BCUT2D eigenvalue weighted by molar-refractivity contribution is 6.35. The number of fused-ring (bicyclic) bond motifs is 1. The Morgan fingerprint density at radius 3 is 2.53 bits per heavy atom. The van der Waals surface area contributed by atoms with Gasteiger partial charge in [-0.05, 0) is 36.2 Å². The highest BCUT2D eigenvalue weighted by Crippen LogP contribution is 2.39. The Labute approximate surface area is 194 Å². The molecular formula is C24H19Cl2N3O3.